The average Bonchev–Trinajstić information content (AvgIpc) is 2.15. The highest BCUT2D eigenvalue weighted by molar-refractivity contribution is 5.45. The van der Waals surface area contributed by atoms with Crippen molar-refractivity contribution in [1.29, 1.82) is 5.26 Å². The number of hydrogen-bond acceptors (Lipinski definition) is 5. The molecule has 0 atom stereocenters. The van der Waals surface area contributed by atoms with Gasteiger partial charge in [0.2, 0.25) is 5.88 Å². The Balaban J connectivity index is 3.14. The number of ether oxygens (including phenoxy) is 1. The van der Waals surface area contributed by atoms with Crippen molar-refractivity contribution in [1.82, 2.24) is 4.98 Å². The summed E-state index contributed by atoms with van der Waals surface area (Å²) in [4.78, 5) is 12.4. The predicted octanol–water partition coefficient (Wildman–Crippen LogP) is 1.76. The smallest absolute Gasteiger partial charge is 0.386 e. The third-order valence-electron chi connectivity index (χ3n) is 1.38. The molecular formula is C7H2F3N3O3. The standard InChI is InChI=1S/C7H2F3N3O3/c8-7(9,10)16-6-4(2-11)1-5(3-12-6)13(14)15/h1,3H. The maximum atomic E-state index is 11.8. The lowest BCUT2D eigenvalue weighted by atomic mass is 10.3. The van der Waals surface area contributed by atoms with Crippen LogP contribution >= 0.6 is 0 Å². The summed E-state index contributed by atoms with van der Waals surface area (Å²) in [6.45, 7) is 0. The number of nitriles is 1. The van der Waals surface area contributed by atoms with E-state index in [0.717, 1.165) is 0 Å². The van der Waals surface area contributed by atoms with Crippen LogP contribution in [0.5, 0.6) is 5.88 Å². The summed E-state index contributed by atoms with van der Waals surface area (Å²) < 4.78 is 38.8. The van der Waals surface area contributed by atoms with Crippen LogP contribution in [-0.2, 0) is 0 Å². The second-order valence-electron chi connectivity index (χ2n) is 2.46. The zero-order chi connectivity index (χ0) is 12.3. The van der Waals surface area contributed by atoms with Gasteiger partial charge in [0, 0.05) is 6.07 Å². The van der Waals surface area contributed by atoms with Gasteiger partial charge >= 0.3 is 6.36 Å². The molecule has 9 heteroatoms. The number of aromatic nitrogens is 1. The largest absolute Gasteiger partial charge is 0.574 e. The Hall–Kier alpha value is -2.37. The summed E-state index contributed by atoms with van der Waals surface area (Å²) in [7, 11) is 0. The van der Waals surface area contributed by atoms with E-state index < -0.39 is 28.4 Å². The molecule has 1 aromatic rings. The molecule has 16 heavy (non-hydrogen) atoms. The number of nitro groups is 1. The van der Waals surface area contributed by atoms with Gasteiger partial charge in [-0.3, -0.25) is 10.1 Å². The molecule has 0 aliphatic carbocycles. The van der Waals surface area contributed by atoms with Crippen LogP contribution in [0.3, 0.4) is 0 Å². The van der Waals surface area contributed by atoms with E-state index in [4.69, 9.17) is 5.26 Å². The third-order valence-corrected chi connectivity index (χ3v) is 1.38. The highest BCUT2D eigenvalue weighted by Crippen LogP contribution is 2.26. The van der Waals surface area contributed by atoms with E-state index in [1.807, 2.05) is 0 Å². The van der Waals surface area contributed by atoms with Crippen LogP contribution in [0.2, 0.25) is 0 Å². The lowest BCUT2D eigenvalue weighted by Crippen LogP contribution is -2.18. The van der Waals surface area contributed by atoms with Crippen LogP contribution in [0.1, 0.15) is 5.56 Å². The van der Waals surface area contributed by atoms with Gasteiger partial charge in [0.15, 0.2) is 0 Å². The summed E-state index contributed by atoms with van der Waals surface area (Å²) in [5.74, 6) is -1.01. The molecule has 0 saturated heterocycles. The Morgan fingerprint density at radius 2 is 2.19 bits per heavy atom. The SMILES string of the molecule is N#Cc1cc([N+](=O)[O-])cnc1OC(F)(F)F. The van der Waals surface area contributed by atoms with E-state index >= 15 is 0 Å². The Morgan fingerprint density at radius 3 is 2.62 bits per heavy atom. The van der Waals surface area contributed by atoms with Crippen molar-refractivity contribution in [3.05, 3.63) is 27.9 Å². The monoisotopic (exact) mass is 233 g/mol. The van der Waals surface area contributed by atoms with Crippen molar-refractivity contribution >= 4 is 5.69 Å². The van der Waals surface area contributed by atoms with E-state index in [-0.39, 0.29) is 0 Å². The van der Waals surface area contributed by atoms with Crippen molar-refractivity contribution in [3.8, 4) is 11.9 Å². The molecule has 0 radical (unpaired) electrons. The van der Waals surface area contributed by atoms with Crippen LogP contribution < -0.4 is 4.74 Å². The molecule has 1 heterocycles. The first-order chi connectivity index (χ1) is 7.33. The first-order valence-corrected chi connectivity index (χ1v) is 3.64. The first-order valence-electron chi connectivity index (χ1n) is 3.64. The van der Waals surface area contributed by atoms with Gasteiger partial charge in [-0.2, -0.15) is 5.26 Å². The van der Waals surface area contributed by atoms with Gasteiger partial charge in [0.25, 0.3) is 5.69 Å². The molecule has 1 aromatic heterocycles. The summed E-state index contributed by atoms with van der Waals surface area (Å²) in [5, 5.41) is 18.7. The minimum absolute atomic E-state index is 0.571. The lowest BCUT2D eigenvalue weighted by Gasteiger charge is -2.08. The number of alkyl halides is 3. The number of hydrogen-bond donors (Lipinski definition) is 0. The second-order valence-corrected chi connectivity index (χ2v) is 2.46. The molecule has 0 N–H and O–H groups in total. The van der Waals surface area contributed by atoms with E-state index in [1.54, 1.807) is 0 Å². The van der Waals surface area contributed by atoms with Gasteiger partial charge in [0.05, 0.1) is 4.92 Å². The molecule has 0 aliphatic heterocycles. The minimum atomic E-state index is -5.01. The Bertz CT molecular complexity index is 466. The summed E-state index contributed by atoms with van der Waals surface area (Å²) in [5.41, 5.74) is -1.25. The molecule has 0 bridgehead atoms. The van der Waals surface area contributed by atoms with Crippen LogP contribution in [0, 0.1) is 21.4 Å². The molecular weight excluding hydrogens is 231 g/mol. The maximum absolute atomic E-state index is 11.8. The van der Waals surface area contributed by atoms with E-state index in [9.17, 15) is 23.3 Å². The number of pyridine rings is 1. The van der Waals surface area contributed by atoms with Crippen molar-refractivity contribution < 1.29 is 22.8 Å². The molecule has 0 aliphatic rings. The first kappa shape index (κ1) is 11.7. The molecule has 0 amide bonds. The fourth-order valence-corrected chi connectivity index (χ4v) is 0.812. The predicted molar refractivity (Wildman–Crippen MR) is 42.3 cm³/mol. The highest BCUT2D eigenvalue weighted by atomic mass is 19.4. The molecule has 1 rings (SSSR count). The minimum Gasteiger partial charge on any atom is -0.386 e. The lowest BCUT2D eigenvalue weighted by molar-refractivity contribution is -0.385. The van der Waals surface area contributed by atoms with Gasteiger partial charge in [-0.25, -0.2) is 4.98 Å². The average molecular weight is 233 g/mol. The zero-order valence-electron chi connectivity index (χ0n) is 7.35. The number of rotatable bonds is 2. The maximum Gasteiger partial charge on any atom is 0.574 e. The van der Waals surface area contributed by atoms with Gasteiger partial charge in [-0.1, -0.05) is 0 Å². The molecule has 0 aromatic carbocycles. The Labute approximate surface area is 86.0 Å². The topological polar surface area (TPSA) is 89.0 Å². The molecule has 0 fully saturated rings. The van der Waals surface area contributed by atoms with Crippen LogP contribution in [-0.4, -0.2) is 16.3 Å². The molecule has 0 unspecified atom stereocenters. The molecule has 6 nitrogen and oxygen atoms in total. The van der Waals surface area contributed by atoms with E-state index in [0.29, 0.717) is 12.3 Å². The van der Waals surface area contributed by atoms with Gasteiger partial charge in [0.1, 0.15) is 17.8 Å². The van der Waals surface area contributed by atoms with Crippen molar-refractivity contribution in [2.45, 2.75) is 6.36 Å². The zero-order valence-corrected chi connectivity index (χ0v) is 7.35. The summed E-state index contributed by atoms with van der Waals surface area (Å²) in [6, 6.07) is 1.97. The number of nitrogens with zero attached hydrogens (tertiary/aromatic N) is 3. The van der Waals surface area contributed by atoms with Crippen LogP contribution in [0.4, 0.5) is 18.9 Å². The number of halogens is 3. The highest BCUT2D eigenvalue weighted by Gasteiger charge is 2.33. The van der Waals surface area contributed by atoms with Crippen LogP contribution in [0.25, 0.3) is 0 Å². The normalized spacial score (nSPS) is 10.6. The Morgan fingerprint density at radius 1 is 1.56 bits per heavy atom. The fraction of sp³-hybridized carbons (Fsp3) is 0.143. The quantitative estimate of drug-likeness (QED) is 0.573. The molecule has 0 saturated carbocycles. The van der Waals surface area contributed by atoms with Crippen molar-refractivity contribution in [3.63, 3.8) is 0 Å². The van der Waals surface area contributed by atoms with Crippen molar-refractivity contribution in [2.24, 2.45) is 0 Å². The third kappa shape index (κ3) is 2.81. The van der Waals surface area contributed by atoms with Gasteiger partial charge in [-0.05, 0) is 0 Å². The summed E-state index contributed by atoms with van der Waals surface area (Å²) >= 11 is 0. The van der Waals surface area contributed by atoms with E-state index in [2.05, 4.69) is 9.72 Å². The fourth-order valence-electron chi connectivity index (χ4n) is 0.812. The Kier molecular flexibility index (Phi) is 2.94. The van der Waals surface area contributed by atoms with Crippen LogP contribution in [0.15, 0.2) is 12.3 Å². The van der Waals surface area contributed by atoms with Crippen molar-refractivity contribution in [2.75, 3.05) is 0 Å². The van der Waals surface area contributed by atoms with Gasteiger partial charge in [-0.15, -0.1) is 13.2 Å². The molecule has 0 spiro atoms. The second kappa shape index (κ2) is 4.01. The van der Waals surface area contributed by atoms with E-state index in [1.165, 1.54) is 6.07 Å². The van der Waals surface area contributed by atoms with Gasteiger partial charge < -0.3 is 4.74 Å². The molecule has 84 valence electrons. The summed E-state index contributed by atoms with van der Waals surface area (Å²) in [6.07, 6.45) is -4.43.